The summed E-state index contributed by atoms with van der Waals surface area (Å²) in [5.74, 6) is 0. The van der Waals surface area contributed by atoms with E-state index >= 15 is 0 Å². The lowest BCUT2D eigenvalue weighted by Gasteiger charge is -2.14. The second-order valence-electron chi connectivity index (χ2n) is 3.69. The van der Waals surface area contributed by atoms with Crippen molar-refractivity contribution in [2.24, 2.45) is 0 Å². The van der Waals surface area contributed by atoms with Crippen molar-refractivity contribution in [2.75, 3.05) is 5.73 Å². The Morgan fingerprint density at radius 3 is 2.93 bits per heavy atom. The van der Waals surface area contributed by atoms with Crippen LogP contribution < -0.4 is 5.73 Å². The zero-order chi connectivity index (χ0) is 9.54. The van der Waals surface area contributed by atoms with Crippen molar-refractivity contribution in [3.05, 3.63) is 47.5 Å². The van der Waals surface area contributed by atoms with Crippen LogP contribution in [0, 0.1) is 0 Å². The van der Waals surface area contributed by atoms with E-state index in [0.29, 0.717) is 0 Å². The number of hydrogen-bond donors (Lipinski definition) is 1. The SMILES string of the molecule is Nc1ccc2cccc3c2c1CC=C3. The molecule has 0 aromatic heterocycles. The minimum absolute atomic E-state index is 0.911. The fourth-order valence-corrected chi connectivity index (χ4v) is 2.16. The number of nitrogens with two attached hydrogens (primary N) is 1. The van der Waals surface area contributed by atoms with Gasteiger partial charge in [0.25, 0.3) is 0 Å². The number of benzene rings is 2. The molecule has 0 unspecified atom stereocenters. The highest BCUT2D eigenvalue weighted by Crippen LogP contribution is 2.31. The van der Waals surface area contributed by atoms with Gasteiger partial charge in [0.05, 0.1) is 0 Å². The van der Waals surface area contributed by atoms with Crippen LogP contribution in [0.3, 0.4) is 0 Å². The summed E-state index contributed by atoms with van der Waals surface area (Å²) < 4.78 is 0. The van der Waals surface area contributed by atoms with Crippen LogP contribution in [0.2, 0.25) is 0 Å². The van der Waals surface area contributed by atoms with Gasteiger partial charge in [-0.25, -0.2) is 0 Å². The van der Waals surface area contributed by atoms with Crippen LogP contribution in [0.25, 0.3) is 16.8 Å². The number of allylic oxidation sites excluding steroid dienone is 1. The van der Waals surface area contributed by atoms with Gasteiger partial charge in [-0.2, -0.15) is 0 Å². The standard InChI is InChI=1S/C13H11N/c14-12-8-7-10-4-1-3-9-5-2-6-11(12)13(9)10/h1-5,7-8H,6,14H2. The van der Waals surface area contributed by atoms with Crippen molar-refractivity contribution in [3.63, 3.8) is 0 Å². The fraction of sp³-hybridized carbons (Fsp3) is 0.0769. The molecule has 2 aromatic rings. The average Bonchev–Trinajstić information content (AvgIpc) is 2.24. The van der Waals surface area contributed by atoms with Crippen LogP contribution in [-0.4, -0.2) is 0 Å². The van der Waals surface area contributed by atoms with E-state index in [1.807, 2.05) is 6.07 Å². The van der Waals surface area contributed by atoms with Gasteiger partial charge >= 0.3 is 0 Å². The van der Waals surface area contributed by atoms with Gasteiger partial charge < -0.3 is 5.73 Å². The van der Waals surface area contributed by atoms with Crippen molar-refractivity contribution in [3.8, 4) is 0 Å². The van der Waals surface area contributed by atoms with Crippen molar-refractivity contribution in [1.82, 2.24) is 0 Å². The van der Waals surface area contributed by atoms with Crippen molar-refractivity contribution >= 4 is 22.5 Å². The summed E-state index contributed by atoms with van der Waals surface area (Å²) in [6.45, 7) is 0. The molecule has 0 amide bonds. The normalized spacial score (nSPS) is 13.4. The second kappa shape index (κ2) is 2.61. The summed E-state index contributed by atoms with van der Waals surface area (Å²) in [6, 6.07) is 10.5. The number of hydrogen-bond acceptors (Lipinski definition) is 1. The molecule has 14 heavy (non-hydrogen) atoms. The number of nitrogen functional groups attached to an aromatic ring is 1. The lowest BCUT2D eigenvalue weighted by molar-refractivity contribution is 1.30. The van der Waals surface area contributed by atoms with Gasteiger partial charge in [0.15, 0.2) is 0 Å². The highest BCUT2D eigenvalue weighted by atomic mass is 14.6. The Balaban J connectivity index is 2.56. The van der Waals surface area contributed by atoms with Crippen LogP contribution in [0.1, 0.15) is 11.1 Å². The van der Waals surface area contributed by atoms with Crippen molar-refractivity contribution < 1.29 is 0 Å². The molecule has 68 valence electrons. The molecular formula is C13H11N. The summed E-state index contributed by atoms with van der Waals surface area (Å²) >= 11 is 0. The van der Waals surface area contributed by atoms with E-state index in [2.05, 4.69) is 36.4 Å². The molecule has 0 radical (unpaired) electrons. The van der Waals surface area contributed by atoms with Crippen LogP contribution in [0.5, 0.6) is 0 Å². The molecule has 0 spiro atoms. The van der Waals surface area contributed by atoms with Gasteiger partial charge in [-0.05, 0) is 34.4 Å². The van der Waals surface area contributed by atoms with E-state index in [0.717, 1.165) is 12.1 Å². The molecule has 0 atom stereocenters. The monoisotopic (exact) mass is 181 g/mol. The van der Waals surface area contributed by atoms with E-state index in [4.69, 9.17) is 5.73 Å². The molecule has 0 heterocycles. The number of anilines is 1. The first kappa shape index (κ1) is 7.63. The molecule has 0 fully saturated rings. The van der Waals surface area contributed by atoms with Gasteiger partial charge in [0.2, 0.25) is 0 Å². The average molecular weight is 181 g/mol. The molecule has 3 rings (SSSR count). The van der Waals surface area contributed by atoms with Gasteiger partial charge in [0, 0.05) is 5.69 Å². The van der Waals surface area contributed by atoms with Crippen LogP contribution in [-0.2, 0) is 6.42 Å². The smallest absolute Gasteiger partial charge is 0.0356 e. The largest absolute Gasteiger partial charge is 0.398 e. The molecular weight excluding hydrogens is 170 g/mol. The van der Waals surface area contributed by atoms with Gasteiger partial charge in [0.1, 0.15) is 0 Å². The molecule has 0 bridgehead atoms. The summed E-state index contributed by atoms with van der Waals surface area (Å²) in [7, 11) is 0. The highest BCUT2D eigenvalue weighted by molar-refractivity contribution is 5.97. The fourth-order valence-electron chi connectivity index (χ4n) is 2.16. The topological polar surface area (TPSA) is 26.0 Å². The minimum atomic E-state index is 0.911. The Bertz CT molecular complexity index is 538. The third kappa shape index (κ3) is 0.896. The first-order chi connectivity index (χ1) is 6.86. The molecule has 0 aliphatic heterocycles. The Morgan fingerprint density at radius 1 is 1.07 bits per heavy atom. The zero-order valence-corrected chi connectivity index (χ0v) is 7.83. The van der Waals surface area contributed by atoms with E-state index in [9.17, 15) is 0 Å². The van der Waals surface area contributed by atoms with Gasteiger partial charge in [-0.15, -0.1) is 0 Å². The lowest BCUT2D eigenvalue weighted by Crippen LogP contribution is -1.98. The van der Waals surface area contributed by atoms with Crippen LogP contribution in [0.15, 0.2) is 36.4 Å². The molecule has 1 aliphatic carbocycles. The minimum Gasteiger partial charge on any atom is -0.398 e. The Kier molecular flexibility index (Phi) is 1.42. The van der Waals surface area contributed by atoms with Crippen LogP contribution >= 0.6 is 0 Å². The third-order valence-corrected chi connectivity index (χ3v) is 2.84. The van der Waals surface area contributed by atoms with E-state index in [1.165, 1.54) is 21.9 Å². The first-order valence-electron chi connectivity index (χ1n) is 4.83. The van der Waals surface area contributed by atoms with Gasteiger partial charge in [-0.1, -0.05) is 36.4 Å². The van der Waals surface area contributed by atoms with Gasteiger partial charge in [-0.3, -0.25) is 0 Å². The van der Waals surface area contributed by atoms with E-state index in [1.54, 1.807) is 0 Å². The Labute approximate surface area is 82.9 Å². The maximum atomic E-state index is 5.97. The van der Waals surface area contributed by atoms with Crippen molar-refractivity contribution in [2.45, 2.75) is 6.42 Å². The third-order valence-electron chi connectivity index (χ3n) is 2.84. The highest BCUT2D eigenvalue weighted by Gasteiger charge is 2.09. The molecule has 1 heteroatoms. The second-order valence-corrected chi connectivity index (χ2v) is 3.69. The summed E-state index contributed by atoms with van der Waals surface area (Å²) in [5.41, 5.74) is 9.44. The predicted octanol–water partition coefficient (Wildman–Crippen LogP) is 2.99. The molecule has 1 aliphatic rings. The Hall–Kier alpha value is -1.76. The zero-order valence-electron chi connectivity index (χ0n) is 7.83. The van der Waals surface area contributed by atoms with Crippen LogP contribution in [0.4, 0.5) is 5.69 Å². The summed E-state index contributed by atoms with van der Waals surface area (Å²) in [4.78, 5) is 0. The predicted molar refractivity (Wildman–Crippen MR) is 61.1 cm³/mol. The summed E-state index contributed by atoms with van der Waals surface area (Å²) in [6.07, 6.45) is 5.31. The molecule has 1 nitrogen and oxygen atoms in total. The van der Waals surface area contributed by atoms with Crippen molar-refractivity contribution in [1.29, 1.82) is 0 Å². The molecule has 0 saturated carbocycles. The molecule has 0 saturated heterocycles. The maximum absolute atomic E-state index is 5.97. The summed E-state index contributed by atoms with van der Waals surface area (Å²) in [5, 5.41) is 2.62. The van der Waals surface area contributed by atoms with E-state index < -0.39 is 0 Å². The lowest BCUT2D eigenvalue weighted by atomic mass is 9.92. The number of rotatable bonds is 0. The quantitative estimate of drug-likeness (QED) is 0.621. The molecule has 2 aromatic carbocycles. The molecule has 2 N–H and O–H groups in total. The van der Waals surface area contributed by atoms with E-state index in [-0.39, 0.29) is 0 Å². The maximum Gasteiger partial charge on any atom is 0.0356 e. The Morgan fingerprint density at radius 2 is 2.00 bits per heavy atom. The first-order valence-corrected chi connectivity index (χ1v) is 4.83.